The highest BCUT2D eigenvalue weighted by molar-refractivity contribution is 6.22. The molecule has 0 amide bonds. The minimum Gasteiger partial charge on any atom is -0.496 e. The van der Waals surface area contributed by atoms with Gasteiger partial charge in [-0.1, -0.05) is 12.1 Å². The van der Waals surface area contributed by atoms with Gasteiger partial charge in [-0.05, 0) is 24.1 Å². The SMILES string of the molecule is O=C1C(c2cccc(F)c2)=COC2CC(O)C(O)CC12. The quantitative estimate of drug-likeness (QED) is 0.811. The Morgan fingerprint density at radius 1 is 1.20 bits per heavy atom. The van der Waals surface area contributed by atoms with Gasteiger partial charge in [-0.3, -0.25) is 4.79 Å². The Kier molecular flexibility index (Phi) is 3.31. The van der Waals surface area contributed by atoms with Crippen LogP contribution >= 0.6 is 0 Å². The molecule has 1 heterocycles. The predicted octanol–water partition coefficient (Wildman–Crippen LogP) is 1.27. The highest BCUT2D eigenvalue weighted by Crippen LogP contribution is 2.36. The smallest absolute Gasteiger partial charge is 0.173 e. The van der Waals surface area contributed by atoms with Crippen molar-refractivity contribution < 1.29 is 24.1 Å². The summed E-state index contributed by atoms with van der Waals surface area (Å²) in [6.07, 6.45) is -0.480. The second kappa shape index (κ2) is 5.00. The maximum atomic E-state index is 13.2. The molecular weight excluding hydrogens is 263 g/mol. The van der Waals surface area contributed by atoms with Crippen molar-refractivity contribution in [2.24, 2.45) is 5.92 Å². The summed E-state index contributed by atoms with van der Waals surface area (Å²) in [6.45, 7) is 0. The Hall–Kier alpha value is -1.72. The number of fused-ring (bicyclic) bond motifs is 1. The first-order chi connectivity index (χ1) is 9.56. The van der Waals surface area contributed by atoms with Crippen LogP contribution in [0.15, 0.2) is 30.5 Å². The number of hydrogen-bond acceptors (Lipinski definition) is 4. The summed E-state index contributed by atoms with van der Waals surface area (Å²) in [7, 11) is 0. The Morgan fingerprint density at radius 3 is 2.70 bits per heavy atom. The number of hydrogen-bond donors (Lipinski definition) is 2. The number of allylic oxidation sites excluding steroid dienone is 1. The molecule has 2 aliphatic rings. The molecule has 0 saturated heterocycles. The second-order valence-electron chi connectivity index (χ2n) is 5.29. The average Bonchev–Trinajstić information content (AvgIpc) is 2.41. The second-order valence-corrected chi connectivity index (χ2v) is 5.29. The van der Waals surface area contributed by atoms with Crippen molar-refractivity contribution in [3.8, 4) is 0 Å². The molecule has 2 N–H and O–H groups in total. The Balaban J connectivity index is 1.90. The van der Waals surface area contributed by atoms with Crippen LogP contribution in [0.1, 0.15) is 18.4 Å². The van der Waals surface area contributed by atoms with Crippen LogP contribution < -0.4 is 0 Å². The van der Waals surface area contributed by atoms with Crippen LogP contribution in [0.3, 0.4) is 0 Å². The number of aliphatic hydroxyl groups excluding tert-OH is 2. The van der Waals surface area contributed by atoms with Gasteiger partial charge in [0, 0.05) is 6.42 Å². The third-order valence-corrected chi connectivity index (χ3v) is 3.96. The number of ether oxygens (including phenoxy) is 1. The molecule has 106 valence electrons. The fourth-order valence-corrected chi connectivity index (χ4v) is 2.83. The molecular formula is C15H15FO4. The molecule has 0 aromatic heterocycles. The van der Waals surface area contributed by atoms with Crippen molar-refractivity contribution in [3.05, 3.63) is 41.9 Å². The maximum absolute atomic E-state index is 13.2. The molecule has 1 aliphatic carbocycles. The fourth-order valence-electron chi connectivity index (χ4n) is 2.83. The molecule has 4 unspecified atom stereocenters. The zero-order valence-corrected chi connectivity index (χ0v) is 10.7. The molecule has 0 radical (unpaired) electrons. The average molecular weight is 278 g/mol. The molecule has 4 atom stereocenters. The van der Waals surface area contributed by atoms with Crippen molar-refractivity contribution in [3.63, 3.8) is 0 Å². The van der Waals surface area contributed by atoms with Gasteiger partial charge in [0.1, 0.15) is 11.9 Å². The number of halogens is 1. The van der Waals surface area contributed by atoms with Gasteiger partial charge < -0.3 is 14.9 Å². The van der Waals surface area contributed by atoms with Crippen molar-refractivity contribution in [2.75, 3.05) is 0 Å². The topological polar surface area (TPSA) is 66.8 Å². The van der Waals surface area contributed by atoms with Gasteiger partial charge in [0.15, 0.2) is 5.78 Å². The van der Waals surface area contributed by atoms with Crippen molar-refractivity contribution in [1.82, 2.24) is 0 Å². The van der Waals surface area contributed by atoms with Gasteiger partial charge in [-0.25, -0.2) is 4.39 Å². The van der Waals surface area contributed by atoms with E-state index in [-0.39, 0.29) is 18.6 Å². The molecule has 1 aromatic carbocycles. The molecule has 3 rings (SSSR count). The maximum Gasteiger partial charge on any atom is 0.173 e. The summed E-state index contributed by atoms with van der Waals surface area (Å²) < 4.78 is 18.7. The van der Waals surface area contributed by atoms with Crippen molar-refractivity contribution in [1.29, 1.82) is 0 Å². The summed E-state index contributed by atoms with van der Waals surface area (Å²) in [6, 6.07) is 5.76. The van der Waals surface area contributed by atoms with E-state index in [4.69, 9.17) is 4.74 Å². The van der Waals surface area contributed by atoms with Crippen LogP contribution in [0, 0.1) is 11.7 Å². The zero-order valence-electron chi connectivity index (χ0n) is 10.7. The van der Waals surface area contributed by atoms with E-state index >= 15 is 0 Å². The monoisotopic (exact) mass is 278 g/mol. The summed E-state index contributed by atoms with van der Waals surface area (Å²) in [4.78, 5) is 12.5. The fraction of sp³-hybridized carbons (Fsp3) is 0.400. The molecule has 4 nitrogen and oxygen atoms in total. The lowest BCUT2D eigenvalue weighted by molar-refractivity contribution is -0.134. The molecule has 5 heteroatoms. The van der Waals surface area contributed by atoms with Crippen LogP contribution in [-0.2, 0) is 9.53 Å². The van der Waals surface area contributed by atoms with Crippen LogP contribution in [0.5, 0.6) is 0 Å². The van der Waals surface area contributed by atoms with E-state index in [0.29, 0.717) is 11.1 Å². The van der Waals surface area contributed by atoms with Crippen LogP contribution in [0.25, 0.3) is 5.57 Å². The third-order valence-electron chi connectivity index (χ3n) is 3.96. The summed E-state index contributed by atoms with van der Waals surface area (Å²) in [5.74, 6) is -1.08. The molecule has 1 aromatic rings. The van der Waals surface area contributed by atoms with E-state index in [1.54, 1.807) is 6.07 Å². The van der Waals surface area contributed by atoms with Gasteiger partial charge >= 0.3 is 0 Å². The molecule has 0 bridgehead atoms. The lowest BCUT2D eigenvalue weighted by atomic mass is 9.76. The van der Waals surface area contributed by atoms with Crippen LogP contribution in [-0.4, -0.2) is 34.3 Å². The normalized spacial score (nSPS) is 33.1. The molecule has 1 aliphatic heterocycles. The highest BCUT2D eigenvalue weighted by Gasteiger charge is 2.43. The highest BCUT2D eigenvalue weighted by atomic mass is 19.1. The van der Waals surface area contributed by atoms with Gasteiger partial charge in [0.2, 0.25) is 0 Å². The number of ketones is 1. The summed E-state index contributed by atoms with van der Waals surface area (Å²) >= 11 is 0. The van der Waals surface area contributed by atoms with Crippen LogP contribution in [0.4, 0.5) is 4.39 Å². The minimum absolute atomic E-state index is 0.164. The molecule has 1 saturated carbocycles. The number of rotatable bonds is 1. The Labute approximate surface area is 115 Å². The first-order valence-electron chi connectivity index (χ1n) is 6.58. The lowest BCUT2D eigenvalue weighted by Crippen LogP contribution is -2.47. The zero-order chi connectivity index (χ0) is 14.3. The van der Waals surface area contributed by atoms with Gasteiger partial charge in [-0.2, -0.15) is 0 Å². The van der Waals surface area contributed by atoms with E-state index in [0.717, 1.165) is 0 Å². The number of carbonyl (C=O) groups is 1. The predicted molar refractivity (Wildman–Crippen MR) is 69.0 cm³/mol. The summed E-state index contributed by atoms with van der Waals surface area (Å²) in [5, 5.41) is 19.3. The summed E-state index contributed by atoms with van der Waals surface area (Å²) in [5.41, 5.74) is 0.781. The van der Waals surface area contributed by atoms with E-state index in [1.165, 1.54) is 24.5 Å². The lowest BCUT2D eigenvalue weighted by Gasteiger charge is -2.38. The standard InChI is InChI=1S/C15H15FO4/c16-9-3-1-2-8(4-9)11-7-20-14-6-13(18)12(17)5-10(14)15(11)19/h1-4,7,10,12-14,17-18H,5-6H2. The first-order valence-corrected chi connectivity index (χ1v) is 6.58. The number of carbonyl (C=O) groups excluding carboxylic acids is 1. The van der Waals surface area contributed by atoms with Gasteiger partial charge in [-0.15, -0.1) is 0 Å². The number of Topliss-reactive ketones (excluding diaryl/α,β-unsaturated/α-hetero) is 1. The van der Waals surface area contributed by atoms with Crippen molar-refractivity contribution in [2.45, 2.75) is 31.2 Å². The first kappa shape index (κ1) is 13.3. The number of benzene rings is 1. The van der Waals surface area contributed by atoms with Gasteiger partial charge in [0.25, 0.3) is 0 Å². The largest absolute Gasteiger partial charge is 0.496 e. The molecule has 0 spiro atoms. The van der Waals surface area contributed by atoms with E-state index in [1.807, 2.05) is 0 Å². The molecule has 20 heavy (non-hydrogen) atoms. The minimum atomic E-state index is -0.921. The Bertz CT molecular complexity index is 569. The third kappa shape index (κ3) is 2.23. The van der Waals surface area contributed by atoms with Gasteiger partial charge in [0.05, 0.1) is 30.0 Å². The number of aliphatic hydroxyl groups is 2. The Morgan fingerprint density at radius 2 is 1.95 bits per heavy atom. The molecule has 1 fully saturated rings. The van der Waals surface area contributed by atoms with E-state index < -0.39 is 30.0 Å². The van der Waals surface area contributed by atoms with Crippen LogP contribution in [0.2, 0.25) is 0 Å². The van der Waals surface area contributed by atoms with E-state index in [2.05, 4.69) is 0 Å². The van der Waals surface area contributed by atoms with Crippen molar-refractivity contribution >= 4 is 11.4 Å². The van der Waals surface area contributed by atoms with E-state index in [9.17, 15) is 19.4 Å².